The topological polar surface area (TPSA) is 72.2 Å². The Bertz CT molecular complexity index is 228. The van der Waals surface area contributed by atoms with Gasteiger partial charge in [0.1, 0.15) is 0 Å². The first-order valence-corrected chi connectivity index (χ1v) is 7.19. The van der Waals surface area contributed by atoms with Gasteiger partial charge in [-0.25, -0.2) is 0 Å². The van der Waals surface area contributed by atoms with Crippen LogP contribution >= 0.6 is 0 Å². The summed E-state index contributed by atoms with van der Waals surface area (Å²) in [6, 6.07) is 0.312. The summed E-state index contributed by atoms with van der Waals surface area (Å²) in [6.07, 6.45) is 8.17. The first-order valence-electron chi connectivity index (χ1n) is 6.37. The van der Waals surface area contributed by atoms with Crippen molar-refractivity contribution in [1.82, 2.24) is 5.32 Å². The Hall–Kier alpha value is -0.101. The molecule has 1 radical (unpaired) electrons. The maximum Gasteiger partial charge on any atom is 2.00 e. The van der Waals surface area contributed by atoms with E-state index in [2.05, 4.69) is 50.2 Å². The van der Waals surface area contributed by atoms with Crippen LogP contribution in [0, 0.1) is 0 Å². The van der Waals surface area contributed by atoms with Crippen LogP contribution in [-0.4, -0.2) is 16.5 Å². The predicted molar refractivity (Wildman–Crippen MR) is 80.3 cm³/mol. The quantitative estimate of drug-likeness (QED) is 0.399. The number of rotatable bonds is 8. The number of primary amides is 1. The van der Waals surface area contributed by atoms with Crippen molar-refractivity contribution in [3.05, 3.63) is 0 Å². The number of amides is 2. The van der Waals surface area contributed by atoms with Crippen LogP contribution in [0.3, 0.4) is 0 Å². The fourth-order valence-electron chi connectivity index (χ4n) is 1.55. The standard InChI is InChI=1S/C11H23NOS.CH3NOS.Cu/c1-3-5-7-9-10(8-6-4-2)12-11(13)14;2-1(3)4;/h10H,3-9H2,1-2H3,(H2,12,13,14);(H3,2,3,4);/q;;+2/p-2. The Balaban J connectivity index is -0.000000448. The van der Waals surface area contributed by atoms with Gasteiger partial charge in [0.15, 0.2) is 0 Å². The molecule has 4 nitrogen and oxygen atoms in total. The van der Waals surface area contributed by atoms with Gasteiger partial charge in [0.05, 0.1) is 10.5 Å². The molecule has 0 aromatic carbocycles. The van der Waals surface area contributed by atoms with E-state index >= 15 is 0 Å². The van der Waals surface area contributed by atoms with Crippen molar-refractivity contribution in [2.45, 2.75) is 64.8 Å². The molecule has 0 bridgehead atoms. The van der Waals surface area contributed by atoms with Crippen LogP contribution in [-0.2, 0) is 42.3 Å². The van der Waals surface area contributed by atoms with Crippen molar-refractivity contribution in [2.24, 2.45) is 5.73 Å². The zero-order chi connectivity index (χ0) is 14.4. The molecule has 19 heavy (non-hydrogen) atoms. The van der Waals surface area contributed by atoms with Gasteiger partial charge in [0.25, 0.3) is 0 Å². The van der Waals surface area contributed by atoms with Crippen LogP contribution in [0.4, 0.5) is 9.59 Å². The molecule has 3 N–H and O–H groups in total. The van der Waals surface area contributed by atoms with Crippen molar-refractivity contribution >= 4 is 35.7 Å². The van der Waals surface area contributed by atoms with Crippen LogP contribution < -0.4 is 11.1 Å². The minimum atomic E-state index is -0.750. The van der Waals surface area contributed by atoms with Crippen LogP contribution in [0.25, 0.3) is 0 Å². The number of nitrogens with one attached hydrogen (secondary N) is 1. The second-order valence-corrected chi connectivity index (χ2v) is 4.86. The zero-order valence-electron chi connectivity index (χ0n) is 11.5. The van der Waals surface area contributed by atoms with Gasteiger partial charge in [-0.1, -0.05) is 46.0 Å². The van der Waals surface area contributed by atoms with Crippen molar-refractivity contribution in [2.75, 3.05) is 0 Å². The number of nitrogens with two attached hydrogens (primary N) is 1. The molecular weight excluding hydrogens is 332 g/mol. The van der Waals surface area contributed by atoms with E-state index in [9.17, 15) is 4.79 Å². The molecule has 0 fully saturated rings. The van der Waals surface area contributed by atoms with E-state index in [-0.39, 0.29) is 22.3 Å². The number of carbonyl (C=O) groups is 2. The van der Waals surface area contributed by atoms with E-state index in [1.165, 1.54) is 32.1 Å². The van der Waals surface area contributed by atoms with Crippen LogP contribution in [0.1, 0.15) is 58.8 Å². The van der Waals surface area contributed by atoms with Crippen LogP contribution in [0.15, 0.2) is 0 Å². The normalized spacial score (nSPS) is 10.4. The second-order valence-electron chi connectivity index (χ2n) is 4.09. The third-order valence-corrected chi connectivity index (χ3v) is 2.50. The zero-order valence-corrected chi connectivity index (χ0v) is 14.1. The van der Waals surface area contributed by atoms with Gasteiger partial charge in [0, 0.05) is 6.04 Å². The number of carbonyl (C=O) groups excluding carboxylic acids is 2. The van der Waals surface area contributed by atoms with Gasteiger partial charge in [-0.3, -0.25) is 0 Å². The Morgan fingerprint density at radius 2 is 1.47 bits per heavy atom. The van der Waals surface area contributed by atoms with E-state index in [1.54, 1.807) is 0 Å². The average Bonchev–Trinajstić information content (AvgIpc) is 2.24. The predicted octanol–water partition coefficient (Wildman–Crippen LogP) is 2.99. The molecule has 7 heteroatoms. The molecule has 0 heterocycles. The summed E-state index contributed by atoms with van der Waals surface area (Å²) < 4.78 is 0. The molecule has 0 aromatic rings. The van der Waals surface area contributed by atoms with Gasteiger partial charge in [0.2, 0.25) is 0 Å². The van der Waals surface area contributed by atoms with Gasteiger partial charge in [-0.15, -0.1) is 0 Å². The minimum absolute atomic E-state index is 0. The fourth-order valence-corrected chi connectivity index (χ4v) is 1.71. The molecular formula is C12H24CuN2O2S2. The summed E-state index contributed by atoms with van der Waals surface area (Å²) >= 11 is 8.29. The Kier molecular flexibility index (Phi) is 22.6. The summed E-state index contributed by atoms with van der Waals surface area (Å²) in [6.45, 7) is 4.35. The van der Waals surface area contributed by atoms with E-state index in [4.69, 9.17) is 4.79 Å². The van der Waals surface area contributed by atoms with Gasteiger partial charge < -0.3 is 45.9 Å². The summed E-state index contributed by atoms with van der Waals surface area (Å²) in [4.78, 5) is 19.8. The molecule has 2 amide bonds. The molecule has 0 aliphatic heterocycles. The van der Waals surface area contributed by atoms with Crippen molar-refractivity contribution in [1.29, 1.82) is 0 Å². The maximum absolute atomic E-state index is 10.8. The van der Waals surface area contributed by atoms with E-state index in [0.717, 1.165) is 12.8 Å². The maximum atomic E-state index is 10.8. The molecule has 0 saturated carbocycles. The molecule has 1 atom stereocenters. The minimum Gasteiger partial charge on any atom is -0.719 e. The van der Waals surface area contributed by atoms with E-state index < -0.39 is 5.24 Å². The Labute approximate surface area is 138 Å². The first-order chi connectivity index (χ1) is 8.43. The molecule has 0 rings (SSSR count). The average molecular weight is 356 g/mol. The van der Waals surface area contributed by atoms with E-state index in [1.807, 2.05) is 0 Å². The largest absolute Gasteiger partial charge is 2.00 e. The van der Waals surface area contributed by atoms with Crippen LogP contribution in [0.5, 0.6) is 0 Å². The number of hydrogen-bond donors (Lipinski definition) is 2. The van der Waals surface area contributed by atoms with Gasteiger partial charge in [-0.05, 0) is 12.8 Å². The van der Waals surface area contributed by atoms with E-state index in [0.29, 0.717) is 6.04 Å². The summed E-state index contributed by atoms with van der Waals surface area (Å²) in [5.74, 6) is 0. The summed E-state index contributed by atoms with van der Waals surface area (Å²) in [5.41, 5.74) is 4.29. The van der Waals surface area contributed by atoms with Crippen molar-refractivity contribution in [3.8, 4) is 0 Å². The number of unbranched alkanes of at least 4 members (excludes halogenated alkanes) is 3. The van der Waals surface area contributed by atoms with Gasteiger partial charge in [-0.2, -0.15) is 0 Å². The van der Waals surface area contributed by atoms with Crippen molar-refractivity contribution in [3.63, 3.8) is 0 Å². The Morgan fingerprint density at radius 1 is 1.05 bits per heavy atom. The SMILES string of the molecule is CCCCCC(CCCC)NC(=O)[S-].NC(=O)[S-].[Cu+2]. The summed E-state index contributed by atoms with van der Waals surface area (Å²) in [5, 5.41) is 1.80. The molecule has 117 valence electrons. The molecule has 0 aliphatic rings. The Morgan fingerprint density at radius 3 is 1.84 bits per heavy atom. The molecule has 0 saturated heterocycles. The monoisotopic (exact) mass is 355 g/mol. The summed E-state index contributed by atoms with van der Waals surface area (Å²) in [7, 11) is 0. The molecule has 0 spiro atoms. The second kappa shape index (κ2) is 17.9. The number of hydrogen-bond acceptors (Lipinski definition) is 4. The third kappa shape index (κ3) is 27.2. The van der Waals surface area contributed by atoms with Crippen molar-refractivity contribution < 1.29 is 26.7 Å². The molecule has 0 aromatic heterocycles. The molecule has 1 unspecified atom stereocenters. The third-order valence-electron chi connectivity index (χ3n) is 2.38. The molecule has 0 aliphatic carbocycles. The smallest absolute Gasteiger partial charge is 0.719 e. The first kappa shape index (κ1) is 24.0. The fraction of sp³-hybridized carbons (Fsp3) is 0.833. The van der Waals surface area contributed by atoms with Gasteiger partial charge >= 0.3 is 17.1 Å². The van der Waals surface area contributed by atoms with Crippen LogP contribution in [0.2, 0.25) is 0 Å².